The van der Waals surface area contributed by atoms with E-state index >= 15 is 0 Å². The van der Waals surface area contributed by atoms with Crippen LogP contribution >= 0.6 is 11.3 Å². The molecule has 0 bridgehead atoms. The van der Waals surface area contributed by atoms with Gasteiger partial charge in [0.25, 0.3) is 0 Å². The highest BCUT2D eigenvalue weighted by molar-refractivity contribution is 7.89. The highest BCUT2D eigenvalue weighted by atomic mass is 32.2. The number of sulfonamides is 1. The van der Waals surface area contributed by atoms with Crippen LogP contribution in [0, 0.1) is 5.82 Å². The Balaban J connectivity index is 2.15. The lowest BCUT2D eigenvalue weighted by Gasteiger charge is -2.07. The highest BCUT2D eigenvalue weighted by Gasteiger charge is 2.11. The molecule has 0 amide bonds. The smallest absolute Gasteiger partial charge is 0.238 e. The first kappa shape index (κ1) is 13.0. The van der Waals surface area contributed by atoms with Crippen LogP contribution < -0.4 is 10.5 Å². The van der Waals surface area contributed by atoms with E-state index in [1.165, 1.54) is 12.1 Å². The lowest BCUT2D eigenvalue weighted by molar-refractivity contribution is 0.593. The monoisotopic (exact) mass is 286 g/mol. The molecule has 2 aromatic rings. The van der Waals surface area contributed by atoms with Crippen LogP contribution in [-0.2, 0) is 16.6 Å². The Labute approximate surface area is 108 Å². The Morgan fingerprint density at radius 3 is 2.67 bits per heavy atom. The Hall–Kier alpha value is -1.44. The third kappa shape index (κ3) is 3.06. The normalized spacial score (nSPS) is 11.4. The number of nitrogens with two attached hydrogens (primary N) is 1. The molecule has 4 nitrogen and oxygen atoms in total. The van der Waals surface area contributed by atoms with Gasteiger partial charge in [-0.15, -0.1) is 11.3 Å². The number of primary sulfonamides is 1. The average Bonchev–Trinajstić information content (AvgIpc) is 2.79. The van der Waals surface area contributed by atoms with Gasteiger partial charge in [-0.2, -0.15) is 0 Å². The molecule has 0 unspecified atom stereocenters. The molecule has 0 radical (unpaired) electrons. The van der Waals surface area contributed by atoms with Gasteiger partial charge in [-0.1, -0.05) is 6.07 Å². The maximum absolute atomic E-state index is 13.6. The summed E-state index contributed by atoms with van der Waals surface area (Å²) in [5, 5.41) is 9.74. The van der Waals surface area contributed by atoms with Crippen molar-refractivity contribution in [2.45, 2.75) is 11.4 Å². The van der Waals surface area contributed by atoms with Gasteiger partial charge in [-0.25, -0.2) is 17.9 Å². The second-order valence-corrected chi connectivity index (χ2v) is 6.21. The molecular weight excluding hydrogens is 275 g/mol. The SMILES string of the molecule is NS(=O)(=O)c1ccc(NCc2cccs2)c(F)c1. The number of thiophene rings is 1. The van der Waals surface area contributed by atoms with Crippen molar-refractivity contribution < 1.29 is 12.8 Å². The number of hydrogen-bond donors (Lipinski definition) is 2. The van der Waals surface area contributed by atoms with Gasteiger partial charge in [-0.3, -0.25) is 0 Å². The summed E-state index contributed by atoms with van der Waals surface area (Å²) in [4.78, 5) is 0.826. The van der Waals surface area contributed by atoms with Gasteiger partial charge in [0, 0.05) is 11.4 Å². The number of rotatable bonds is 4. The predicted octanol–water partition coefficient (Wildman–Crippen LogP) is 2.15. The number of nitrogens with one attached hydrogen (secondary N) is 1. The third-order valence-corrected chi connectivity index (χ3v) is 4.09. The summed E-state index contributed by atoms with van der Waals surface area (Å²) in [6.45, 7) is 0.489. The summed E-state index contributed by atoms with van der Waals surface area (Å²) in [7, 11) is -3.87. The number of hydrogen-bond acceptors (Lipinski definition) is 4. The van der Waals surface area contributed by atoms with E-state index in [4.69, 9.17) is 5.14 Å². The Morgan fingerprint density at radius 2 is 2.11 bits per heavy atom. The van der Waals surface area contributed by atoms with Crippen LogP contribution in [0.25, 0.3) is 0 Å². The molecule has 18 heavy (non-hydrogen) atoms. The maximum Gasteiger partial charge on any atom is 0.238 e. The summed E-state index contributed by atoms with van der Waals surface area (Å²) >= 11 is 1.55. The minimum Gasteiger partial charge on any atom is -0.378 e. The van der Waals surface area contributed by atoms with E-state index in [2.05, 4.69) is 5.32 Å². The van der Waals surface area contributed by atoms with E-state index in [1.807, 2.05) is 17.5 Å². The minimum atomic E-state index is -3.87. The molecule has 0 fully saturated rings. The number of benzene rings is 1. The van der Waals surface area contributed by atoms with Gasteiger partial charge in [0.05, 0.1) is 10.6 Å². The van der Waals surface area contributed by atoms with Gasteiger partial charge in [0.2, 0.25) is 10.0 Å². The van der Waals surface area contributed by atoms with Crippen LogP contribution in [0.5, 0.6) is 0 Å². The largest absolute Gasteiger partial charge is 0.378 e. The summed E-state index contributed by atoms with van der Waals surface area (Å²) < 4.78 is 35.7. The zero-order valence-electron chi connectivity index (χ0n) is 9.26. The van der Waals surface area contributed by atoms with E-state index < -0.39 is 15.8 Å². The zero-order chi connectivity index (χ0) is 13.2. The molecular formula is C11H11FN2O2S2. The summed E-state index contributed by atoms with van der Waals surface area (Å²) in [6.07, 6.45) is 0. The van der Waals surface area contributed by atoms with E-state index in [0.717, 1.165) is 10.9 Å². The predicted molar refractivity (Wildman–Crippen MR) is 69.4 cm³/mol. The Kier molecular flexibility index (Phi) is 3.65. The fraction of sp³-hybridized carbons (Fsp3) is 0.0909. The topological polar surface area (TPSA) is 72.2 Å². The molecule has 0 aliphatic heterocycles. The Bertz CT molecular complexity index is 639. The first-order valence-electron chi connectivity index (χ1n) is 5.05. The molecule has 96 valence electrons. The average molecular weight is 286 g/mol. The molecule has 0 aliphatic rings. The van der Waals surface area contributed by atoms with Gasteiger partial charge in [0.1, 0.15) is 5.82 Å². The molecule has 3 N–H and O–H groups in total. The molecule has 0 saturated carbocycles. The van der Waals surface area contributed by atoms with Crippen LogP contribution in [0.2, 0.25) is 0 Å². The van der Waals surface area contributed by atoms with Crippen molar-refractivity contribution in [1.29, 1.82) is 0 Å². The number of anilines is 1. The van der Waals surface area contributed by atoms with E-state index in [-0.39, 0.29) is 10.6 Å². The first-order chi connectivity index (χ1) is 8.47. The van der Waals surface area contributed by atoms with Crippen molar-refractivity contribution >= 4 is 27.0 Å². The fourth-order valence-corrected chi connectivity index (χ4v) is 2.58. The molecule has 1 aromatic carbocycles. The van der Waals surface area contributed by atoms with Crippen LogP contribution in [-0.4, -0.2) is 8.42 Å². The third-order valence-electron chi connectivity index (χ3n) is 2.30. The molecule has 2 rings (SSSR count). The lowest BCUT2D eigenvalue weighted by Crippen LogP contribution is -2.12. The standard InChI is InChI=1S/C11H11FN2O2S2/c12-10-6-9(18(13,15)16)3-4-11(10)14-7-8-2-1-5-17-8/h1-6,14H,7H2,(H2,13,15,16). The molecule has 0 atom stereocenters. The van der Waals surface area contributed by atoms with Crippen LogP contribution in [0.15, 0.2) is 40.6 Å². The molecule has 7 heteroatoms. The van der Waals surface area contributed by atoms with Crippen molar-refractivity contribution in [3.63, 3.8) is 0 Å². The van der Waals surface area contributed by atoms with Gasteiger partial charge >= 0.3 is 0 Å². The van der Waals surface area contributed by atoms with Crippen molar-refractivity contribution in [2.75, 3.05) is 5.32 Å². The van der Waals surface area contributed by atoms with Crippen LogP contribution in [0.1, 0.15) is 4.88 Å². The van der Waals surface area contributed by atoms with Gasteiger partial charge in [0.15, 0.2) is 0 Å². The van der Waals surface area contributed by atoms with Gasteiger partial charge in [-0.05, 0) is 29.6 Å². The summed E-state index contributed by atoms with van der Waals surface area (Å²) in [5.41, 5.74) is 0.246. The van der Waals surface area contributed by atoms with E-state index in [9.17, 15) is 12.8 Å². The van der Waals surface area contributed by atoms with Crippen molar-refractivity contribution in [1.82, 2.24) is 0 Å². The molecule has 0 spiro atoms. The minimum absolute atomic E-state index is 0.235. The molecule has 0 saturated heterocycles. The first-order valence-corrected chi connectivity index (χ1v) is 7.48. The van der Waals surface area contributed by atoms with Crippen LogP contribution in [0.4, 0.5) is 10.1 Å². The summed E-state index contributed by atoms with van der Waals surface area (Å²) in [5.74, 6) is -0.641. The highest BCUT2D eigenvalue weighted by Crippen LogP contribution is 2.19. The Morgan fingerprint density at radius 1 is 1.33 bits per heavy atom. The second-order valence-electron chi connectivity index (χ2n) is 3.62. The summed E-state index contributed by atoms with van der Waals surface area (Å²) in [6, 6.07) is 7.38. The lowest BCUT2D eigenvalue weighted by atomic mass is 10.3. The van der Waals surface area contributed by atoms with E-state index in [1.54, 1.807) is 11.3 Å². The fourth-order valence-electron chi connectivity index (χ4n) is 1.41. The van der Waals surface area contributed by atoms with E-state index in [0.29, 0.717) is 6.54 Å². The van der Waals surface area contributed by atoms with Crippen molar-refractivity contribution in [3.05, 3.63) is 46.4 Å². The zero-order valence-corrected chi connectivity index (χ0v) is 10.9. The molecule has 0 aliphatic carbocycles. The second kappa shape index (κ2) is 5.05. The van der Waals surface area contributed by atoms with Gasteiger partial charge < -0.3 is 5.32 Å². The van der Waals surface area contributed by atoms with Crippen molar-refractivity contribution in [3.8, 4) is 0 Å². The molecule has 1 heterocycles. The van der Waals surface area contributed by atoms with Crippen LogP contribution in [0.3, 0.4) is 0 Å². The quantitative estimate of drug-likeness (QED) is 0.904. The maximum atomic E-state index is 13.6. The molecule has 1 aromatic heterocycles. The number of halogens is 1. The van der Waals surface area contributed by atoms with Crippen molar-refractivity contribution in [2.24, 2.45) is 5.14 Å².